The molecule has 0 radical (unpaired) electrons. The first kappa shape index (κ1) is 10.8. The minimum absolute atomic E-state index is 0.185. The molecule has 72 valence electrons. The third-order valence-electron chi connectivity index (χ3n) is 1.44. The molecule has 5 heteroatoms. The Labute approximate surface area is 86.9 Å². The Morgan fingerprint density at radius 1 is 1.31 bits per heavy atom. The second-order valence-electron chi connectivity index (χ2n) is 2.82. The van der Waals surface area contributed by atoms with Gasteiger partial charge in [-0.25, -0.2) is 8.42 Å². The summed E-state index contributed by atoms with van der Waals surface area (Å²) in [7, 11) is 1.60. The van der Waals surface area contributed by atoms with E-state index in [0.717, 1.165) is 5.56 Å². The topological polar surface area (TPSA) is 34.1 Å². The summed E-state index contributed by atoms with van der Waals surface area (Å²) in [6, 6.07) is 5.09. The van der Waals surface area contributed by atoms with E-state index >= 15 is 0 Å². The average Bonchev–Trinajstić information content (AvgIpc) is 1.78. The van der Waals surface area contributed by atoms with Crippen LogP contribution in [0.15, 0.2) is 18.2 Å². The second-order valence-corrected chi connectivity index (χ2v) is 6.03. The van der Waals surface area contributed by atoms with E-state index < -0.39 is 9.05 Å². The van der Waals surface area contributed by atoms with Crippen LogP contribution in [0.2, 0.25) is 5.02 Å². The molecule has 1 rings (SSSR count). The Bertz CT molecular complexity index is 392. The summed E-state index contributed by atoms with van der Waals surface area (Å²) in [4.78, 5) is 0. The van der Waals surface area contributed by atoms with E-state index in [1.54, 1.807) is 18.2 Å². The Balaban J connectivity index is 3.03. The molecule has 13 heavy (non-hydrogen) atoms. The van der Waals surface area contributed by atoms with E-state index in [2.05, 4.69) is 0 Å². The lowest BCUT2D eigenvalue weighted by atomic mass is 10.2. The first-order chi connectivity index (χ1) is 5.87. The van der Waals surface area contributed by atoms with Crippen molar-refractivity contribution >= 4 is 31.3 Å². The highest BCUT2D eigenvalue weighted by Crippen LogP contribution is 2.17. The van der Waals surface area contributed by atoms with Crippen molar-refractivity contribution in [1.82, 2.24) is 0 Å². The normalized spacial score (nSPS) is 11.6. The fourth-order valence-electron chi connectivity index (χ4n) is 1.09. The molecule has 0 saturated heterocycles. The SMILES string of the molecule is Cc1cc(Cl)cc(CS(=O)(=O)Cl)c1. The summed E-state index contributed by atoms with van der Waals surface area (Å²) in [6.45, 7) is 1.84. The molecule has 0 aliphatic carbocycles. The molecular formula is C8H8Cl2O2S. The van der Waals surface area contributed by atoms with Crippen LogP contribution < -0.4 is 0 Å². The largest absolute Gasteiger partial charge is 0.236 e. The molecule has 0 aliphatic heterocycles. The van der Waals surface area contributed by atoms with Gasteiger partial charge in [0.05, 0.1) is 5.75 Å². The zero-order chi connectivity index (χ0) is 10.1. The van der Waals surface area contributed by atoms with Crippen LogP contribution in [-0.2, 0) is 14.8 Å². The van der Waals surface area contributed by atoms with Crippen molar-refractivity contribution in [3.63, 3.8) is 0 Å². The number of aryl methyl sites for hydroxylation is 1. The van der Waals surface area contributed by atoms with Gasteiger partial charge in [-0.2, -0.15) is 0 Å². The smallest absolute Gasteiger partial charge is 0.212 e. The molecule has 0 bridgehead atoms. The minimum atomic E-state index is -3.50. The molecule has 0 saturated carbocycles. The first-order valence-electron chi connectivity index (χ1n) is 3.55. The Morgan fingerprint density at radius 3 is 2.38 bits per heavy atom. The van der Waals surface area contributed by atoms with Gasteiger partial charge in [0.2, 0.25) is 9.05 Å². The maximum absolute atomic E-state index is 10.7. The third kappa shape index (κ3) is 3.98. The summed E-state index contributed by atoms with van der Waals surface area (Å²) in [5.41, 5.74) is 1.53. The van der Waals surface area contributed by atoms with Gasteiger partial charge in [0.15, 0.2) is 0 Å². The minimum Gasteiger partial charge on any atom is -0.212 e. The van der Waals surface area contributed by atoms with Crippen molar-refractivity contribution in [2.45, 2.75) is 12.7 Å². The van der Waals surface area contributed by atoms with E-state index in [9.17, 15) is 8.42 Å². The average molecular weight is 239 g/mol. The molecule has 0 N–H and O–H groups in total. The van der Waals surface area contributed by atoms with E-state index in [1.807, 2.05) is 6.92 Å². The van der Waals surface area contributed by atoms with E-state index in [0.29, 0.717) is 10.6 Å². The predicted octanol–water partition coefficient (Wildman–Crippen LogP) is 2.72. The first-order valence-corrected chi connectivity index (χ1v) is 6.41. The Morgan fingerprint density at radius 2 is 1.92 bits per heavy atom. The van der Waals surface area contributed by atoms with Crippen LogP contribution in [0.1, 0.15) is 11.1 Å². The van der Waals surface area contributed by atoms with E-state index in [4.69, 9.17) is 22.3 Å². The lowest BCUT2D eigenvalue weighted by molar-refractivity contribution is 0.609. The summed E-state index contributed by atoms with van der Waals surface area (Å²) in [5, 5.41) is 0.523. The highest BCUT2D eigenvalue weighted by atomic mass is 35.7. The maximum Gasteiger partial charge on any atom is 0.236 e. The third-order valence-corrected chi connectivity index (χ3v) is 2.66. The molecule has 1 aromatic carbocycles. The molecule has 0 spiro atoms. The standard InChI is InChI=1S/C8H8Cl2O2S/c1-6-2-7(4-8(9)3-6)5-13(10,11)12/h2-4H,5H2,1H3. The van der Waals surface area contributed by atoms with Crippen LogP contribution in [0.3, 0.4) is 0 Å². The fraction of sp³-hybridized carbons (Fsp3) is 0.250. The van der Waals surface area contributed by atoms with Crippen molar-refractivity contribution in [3.05, 3.63) is 34.3 Å². The van der Waals surface area contributed by atoms with Gasteiger partial charge < -0.3 is 0 Å². The molecule has 0 heterocycles. The van der Waals surface area contributed by atoms with Gasteiger partial charge in [0.1, 0.15) is 0 Å². The van der Waals surface area contributed by atoms with Crippen molar-refractivity contribution < 1.29 is 8.42 Å². The number of benzene rings is 1. The fourth-order valence-corrected chi connectivity index (χ4v) is 2.35. The molecule has 0 aliphatic rings. The number of rotatable bonds is 2. The Kier molecular flexibility index (Phi) is 3.22. The highest BCUT2D eigenvalue weighted by Gasteiger charge is 2.07. The zero-order valence-electron chi connectivity index (χ0n) is 6.92. The summed E-state index contributed by atoms with van der Waals surface area (Å²) < 4.78 is 21.5. The molecule has 0 amide bonds. The van der Waals surface area contributed by atoms with Gasteiger partial charge in [-0.15, -0.1) is 0 Å². The van der Waals surface area contributed by atoms with Crippen LogP contribution in [0.25, 0.3) is 0 Å². The van der Waals surface area contributed by atoms with Gasteiger partial charge in [-0.3, -0.25) is 0 Å². The van der Waals surface area contributed by atoms with Gasteiger partial charge >= 0.3 is 0 Å². The quantitative estimate of drug-likeness (QED) is 0.743. The maximum atomic E-state index is 10.7. The van der Waals surface area contributed by atoms with Crippen molar-refractivity contribution in [2.24, 2.45) is 0 Å². The van der Waals surface area contributed by atoms with Gasteiger partial charge in [-0.1, -0.05) is 17.7 Å². The van der Waals surface area contributed by atoms with Gasteiger partial charge in [-0.05, 0) is 30.2 Å². The van der Waals surface area contributed by atoms with Gasteiger partial charge in [0, 0.05) is 15.7 Å². The van der Waals surface area contributed by atoms with Crippen LogP contribution >= 0.6 is 22.3 Å². The molecule has 0 atom stereocenters. The molecule has 1 aromatic rings. The predicted molar refractivity (Wildman–Crippen MR) is 54.7 cm³/mol. The van der Waals surface area contributed by atoms with Crippen LogP contribution in [0.5, 0.6) is 0 Å². The highest BCUT2D eigenvalue weighted by molar-refractivity contribution is 8.13. The molecule has 0 unspecified atom stereocenters. The van der Waals surface area contributed by atoms with Crippen molar-refractivity contribution in [2.75, 3.05) is 0 Å². The van der Waals surface area contributed by atoms with Crippen molar-refractivity contribution in [1.29, 1.82) is 0 Å². The monoisotopic (exact) mass is 238 g/mol. The van der Waals surface area contributed by atoms with Crippen molar-refractivity contribution in [3.8, 4) is 0 Å². The van der Waals surface area contributed by atoms with Crippen LogP contribution in [0, 0.1) is 6.92 Å². The van der Waals surface area contributed by atoms with Crippen LogP contribution in [-0.4, -0.2) is 8.42 Å². The van der Waals surface area contributed by atoms with E-state index in [1.165, 1.54) is 0 Å². The lowest BCUT2D eigenvalue weighted by Crippen LogP contribution is -1.95. The lowest BCUT2D eigenvalue weighted by Gasteiger charge is -2.00. The molecular weight excluding hydrogens is 231 g/mol. The van der Waals surface area contributed by atoms with Crippen LogP contribution in [0.4, 0.5) is 0 Å². The molecule has 0 fully saturated rings. The second kappa shape index (κ2) is 3.86. The summed E-state index contributed by atoms with van der Waals surface area (Å²) in [6.07, 6.45) is 0. The molecule has 2 nitrogen and oxygen atoms in total. The number of hydrogen-bond donors (Lipinski definition) is 0. The summed E-state index contributed by atoms with van der Waals surface area (Å²) >= 11 is 5.74. The molecule has 0 aromatic heterocycles. The number of halogens is 2. The summed E-state index contributed by atoms with van der Waals surface area (Å²) in [5.74, 6) is -0.185. The zero-order valence-corrected chi connectivity index (χ0v) is 9.25. The number of hydrogen-bond acceptors (Lipinski definition) is 2. The van der Waals surface area contributed by atoms with Gasteiger partial charge in [0.25, 0.3) is 0 Å². The Hall–Kier alpha value is -0.250. The van der Waals surface area contributed by atoms with E-state index in [-0.39, 0.29) is 5.75 Å².